The fraction of sp³-hybridized carbons (Fsp3) is 0.500. The van der Waals surface area contributed by atoms with E-state index in [0.717, 1.165) is 38.5 Å². The van der Waals surface area contributed by atoms with Crippen LogP contribution in [0.1, 0.15) is 88.2 Å². The van der Waals surface area contributed by atoms with Gasteiger partial charge in [-0.2, -0.15) is 0 Å². The summed E-state index contributed by atoms with van der Waals surface area (Å²) in [5, 5.41) is 0. The molecule has 4 heteroatoms. The Bertz CT molecular complexity index is 1440. The van der Waals surface area contributed by atoms with E-state index in [4.69, 9.17) is 9.47 Å². The number of esters is 2. The van der Waals surface area contributed by atoms with Crippen molar-refractivity contribution in [3.63, 3.8) is 0 Å². The van der Waals surface area contributed by atoms with Crippen molar-refractivity contribution in [1.29, 1.82) is 0 Å². The predicted octanol–water partition coefficient (Wildman–Crippen LogP) is 8.57. The lowest BCUT2D eigenvalue weighted by Crippen LogP contribution is -2.57. The number of carbonyl (C=O) groups excluding carboxylic acids is 2. The minimum atomic E-state index is -0.404. The van der Waals surface area contributed by atoms with E-state index in [1.807, 2.05) is 0 Å². The molecule has 44 heavy (non-hydrogen) atoms. The zero-order valence-electron chi connectivity index (χ0n) is 25.5. The lowest BCUT2D eigenvalue weighted by molar-refractivity contribution is -0.165. The van der Waals surface area contributed by atoms with Gasteiger partial charge in [0.25, 0.3) is 0 Å². The molecule has 0 aromatic heterocycles. The molecule has 4 atom stereocenters. The van der Waals surface area contributed by atoms with Crippen molar-refractivity contribution in [2.45, 2.75) is 87.9 Å². The van der Waals surface area contributed by atoms with E-state index in [1.54, 1.807) is 24.3 Å². The summed E-state index contributed by atoms with van der Waals surface area (Å²) >= 11 is 0. The van der Waals surface area contributed by atoms with E-state index in [9.17, 15) is 9.59 Å². The topological polar surface area (TPSA) is 52.6 Å². The fourth-order valence-corrected chi connectivity index (χ4v) is 12.3. The molecule has 0 spiro atoms. The second-order valence-corrected chi connectivity index (χ2v) is 16.0. The Hall–Kier alpha value is -3.40. The van der Waals surface area contributed by atoms with Crippen LogP contribution >= 0.6 is 0 Å². The van der Waals surface area contributed by atoms with Gasteiger partial charge in [0.15, 0.2) is 0 Å². The maximum atomic E-state index is 13.9. The van der Waals surface area contributed by atoms with Crippen molar-refractivity contribution in [2.24, 2.45) is 34.5 Å². The number of benzene rings is 3. The molecule has 0 N–H and O–H groups in total. The van der Waals surface area contributed by atoms with Crippen molar-refractivity contribution in [3.05, 3.63) is 96.1 Å². The SMILES string of the molecule is O=C(Oc1ccc(OC(=O)C23CC4CC(C2)CC(c2ccccc2)(C4)C3)cc1)C12CC3CC(C1)CC(c1ccccc1)(C3)C2. The minimum Gasteiger partial charge on any atom is -0.426 e. The van der Waals surface area contributed by atoms with Crippen LogP contribution in [-0.2, 0) is 20.4 Å². The highest BCUT2D eigenvalue weighted by molar-refractivity contribution is 5.81. The van der Waals surface area contributed by atoms with E-state index in [2.05, 4.69) is 60.7 Å². The molecule has 3 aromatic rings. The molecule has 8 aliphatic carbocycles. The normalized spacial score (nSPS) is 39.3. The summed E-state index contributed by atoms with van der Waals surface area (Å²) < 4.78 is 12.2. The number of hydrogen-bond donors (Lipinski definition) is 0. The van der Waals surface area contributed by atoms with E-state index < -0.39 is 10.8 Å². The average Bonchev–Trinajstić information content (AvgIpc) is 3.02. The van der Waals surface area contributed by atoms with E-state index >= 15 is 0 Å². The molecule has 3 aromatic carbocycles. The molecule has 4 nitrogen and oxygen atoms in total. The van der Waals surface area contributed by atoms with Crippen molar-refractivity contribution in [2.75, 3.05) is 0 Å². The van der Waals surface area contributed by atoms with Crippen LogP contribution in [0.4, 0.5) is 0 Å². The molecular formula is C40H42O4. The van der Waals surface area contributed by atoms with Crippen LogP contribution in [-0.4, -0.2) is 11.9 Å². The van der Waals surface area contributed by atoms with Crippen molar-refractivity contribution >= 4 is 11.9 Å². The van der Waals surface area contributed by atoms with E-state index in [-0.39, 0.29) is 22.8 Å². The highest BCUT2D eigenvalue weighted by Crippen LogP contribution is 2.67. The summed E-state index contributed by atoms with van der Waals surface area (Å²) in [7, 11) is 0. The summed E-state index contributed by atoms with van der Waals surface area (Å²) in [5.41, 5.74) is 2.17. The lowest BCUT2D eigenvalue weighted by atomic mass is 9.43. The van der Waals surface area contributed by atoms with Gasteiger partial charge in [-0.3, -0.25) is 9.59 Å². The molecule has 226 valence electrons. The first kappa shape index (κ1) is 27.0. The predicted molar refractivity (Wildman–Crippen MR) is 168 cm³/mol. The van der Waals surface area contributed by atoms with Crippen molar-refractivity contribution in [1.82, 2.24) is 0 Å². The Balaban J connectivity index is 0.905. The number of ether oxygens (including phenoxy) is 2. The standard InChI is InChI=1S/C40H42O4/c41-35(39-21-27-15-28(22-39)18-37(17-27,25-39)31-7-3-1-4-8-31)43-33-11-13-34(14-12-33)44-36(42)40-23-29-16-30(24-40)20-38(19-29,26-40)32-9-5-2-6-10-32/h1-14,27-30H,15-26H2. The largest absolute Gasteiger partial charge is 0.426 e. The average molecular weight is 587 g/mol. The third-order valence-corrected chi connectivity index (χ3v) is 13.0. The summed E-state index contributed by atoms with van der Waals surface area (Å²) in [6.07, 6.45) is 12.8. The first-order valence-electron chi connectivity index (χ1n) is 17.0. The zero-order valence-corrected chi connectivity index (χ0v) is 25.5. The quantitative estimate of drug-likeness (QED) is 0.214. The van der Waals surface area contributed by atoms with Crippen LogP contribution in [0.3, 0.4) is 0 Å². The van der Waals surface area contributed by atoms with Crippen LogP contribution in [0.5, 0.6) is 11.5 Å². The van der Waals surface area contributed by atoms with Crippen LogP contribution in [0, 0.1) is 34.5 Å². The van der Waals surface area contributed by atoms with Gasteiger partial charge in [0.1, 0.15) is 11.5 Å². The van der Waals surface area contributed by atoms with Gasteiger partial charge >= 0.3 is 11.9 Å². The second-order valence-electron chi connectivity index (χ2n) is 16.0. The van der Waals surface area contributed by atoms with Gasteiger partial charge in [0, 0.05) is 0 Å². The number of rotatable bonds is 6. The Labute approximate surface area is 260 Å². The number of hydrogen-bond acceptors (Lipinski definition) is 4. The van der Waals surface area contributed by atoms with Gasteiger partial charge in [-0.1, -0.05) is 60.7 Å². The highest BCUT2D eigenvalue weighted by Gasteiger charge is 2.63. The van der Waals surface area contributed by atoms with Crippen molar-refractivity contribution < 1.29 is 19.1 Å². The molecular weight excluding hydrogens is 544 g/mol. The summed E-state index contributed by atoms with van der Waals surface area (Å²) in [6.45, 7) is 0. The maximum absolute atomic E-state index is 13.9. The monoisotopic (exact) mass is 586 g/mol. The summed E-state index contributed by atoms with van der Waals surface area (Å²) in [6, 6.07) is 29.0. The van der Waals surface area contributed by atoms with Gasteiger partial charge < -0.3 is 9.47 Å². The molecule has 0 amide bonds. The fourth-order valence-electron chi connectivity index (χ4n) is 12.3. The smallest absolute Gasteiger partial charge is 0.317 e. The molecule has 0 radical (unpaired) electrons. The van der Waals surface area contributed by atoms with Gasteiger partial charge in [0.2, 0.25) is 0 Å². The number of carbonyl (C=O) groups is 2. The van der Waals surface area contributed by atoms with E-state index in [1.165, 1.54) is 49.7 Å². The van der Waals surface area contributed by atoms with E-state index in [0.29, 0.717) is 35.2 Å². The third kappa shape index (κ3) is 4.16. The van der Waals surface area contributed by atoms with Gasteiger partial charge in [-0.15, -0.1) is 0 Å². The molecule has 0 saturated heterocycles. The first-order chi connectivity index (χ1) is 21.4. The van der Waals surface area contributed by atoms with Crippen molar-refractivity contribution in [3.8, 4) is 11.5 Å². The summed E-state index contributed by atoms with van der Waals surface area (Å²) in [4.78, 5) is 27.8. The Morgan fingerprint density at radius 3 is 1.16 bits per heavy atom. The molecule has 8 aliphatic rings. The van der Waals surface area contributed by atoms with Crippen LogP contribution < -0.4 is 9.47 Å². The molecule has 0 aliphatic heterocycles. The minimum absolute atomic E-state index is 0.0728. The lowest BCUT2D eigenvalue weighted by Gasteiger charge is -2.61. The van der Waals surface area contributed by atoms with Crippen LogP contribution in [0.15, 0.2) is 84.9 Å². The molecule has 8 fully saturated rings. The second kappa shape index (κ2) is 9.55. The molecule has 8 bridgehead atoms. The van der Waals surface area contributed by atoms with Gasteiger partial charge in [-0.05, 0) is 147 Å². The van der Waals surface area contributed by atoms with Gasteiger partial charge in [0.05, 0.1) is 10.8 Å². The van der Waals surface area contributed by atoms with Crippen LogP contribution in [0.2, 0.25) is 0 Å². The van der Waals surface area contributed by atoms with Crippen LogP contribution in [0.25, 0.3) is 0 Å². The Morgan fingerprint density at radius 1 is 0.477 bits per heavy atom. The highest BCUT2D eigenvalue weighted by atomic mass is 16.5. The molecule has 8 saturated carbocycles. The third-order valence-electron chi connectivity index (χ3n) is 13.0. The van der Waals surface area contributed by atoms with Gasteiger partial charge in [-0.25, -0.2) is 0 Å². The maximum Gasteiger partial charge on any atom is 0.317 e. The first-order valence-corrected chi connectivity index (χ1v) is 17.0. The molecule has 11 rings (SSSR count). The molecule has 0 heterocycles. The Kier molecular flexibility index (Phi) is 5.85. The zero-order chi connectivity index (χ0) is 29.6. The Morgan fingerprint density at radius 2 is 0.818 bits per heavy atom. The summed E-state index contributed by atoms with van der Waals surface area (Å²) in [5.74, 6) is 3.31. The molecule has 4 unspecified atom stereocenters.